The van der Waals surface area contributed by atoms with Crippen molar-refractivity contribution in [2.45, 2.75) is 19.9 Å². The third kappa shape index (κ3) is 4.40. The number of hydrogen-bond donors (Lipinski definition) is 0. The molecule has 1 aliphatic rings. The molecule has 3 heterocycles. The van der Waals surface area contributed by atoms with Gasteiger partial charge in [-0.05, 0) is 55.8 Å². The Bertz CT molecular complexity index is 1610. The number of benzene rings is 2. The maximum atomic E-state index is 13.6. The Kier molecular flexibility index (Phi) is 6.28. The van der Waals surface area contributed by atoms with E-state index in [0.29, 0.717) is 37.1 Å². The molecule has 0 spiro atoms. The Labute approximate surface area is 210 Å². The second-order valence-corrected chi connectivity index (χ2v) is 9.37. The number of thiazole rings is 1. The van der Waals surface area contributed by atoms with Gasteiger partial charge in [0.15, 0.2) is 4.80 Å². The first-order chi connectivity index (χ1) is 17.0. The number of hydrogen-bond acceptors (Lipinski definition) is 6. The van der Waals surface area contributed by atoms with E-state index in [2.05, 4.69) is 4.99 Å². The molecule has 4 aromatic rings. The zero-order valence-corrected chi connectivity index (χ0v) is 20.6. The van der Waals surface area contributed by atoms with Crippen LogP contribution >= 0.6 is 22.9 Å². The summed E-state index contributed by atoms with van der Waals surface area (Å²) in [6.07, 6.45) is 1.70. The Balaban J connectivity index is 1.62. The van der Waals surface area contributed by atoms with E-state index in [4.69, 9.17) is 20.8 Å². The number of allylic oxidation sites excluding steroid dienone is 1. The van der Waals surface area contributed by atoms with Crippen LogP contribution < -0.4 is 14.9 Å². The van der Waals surface area contributed by atoms with Crippen molar-refractivity contribution in [2.75, 3.05) is 6.61 Å². The van der Waals surface area contributed by atoms with Gasteiger partial charge in [-0.15, -0.1) is 0 Å². The number of carbonyl (C=O) groups excluding carboxylic acids is 1. The highest BCUT2D eigenvalue weighted by Gasteiger charge is 2.33. The number of esters is 1. The molecular weight excluding hydrogens is 484 g/mol. The highest BCUT2D eigenvalue weighted by molar-refractivity contribution is 7.07. The molecule has 0 aliphatic carbocycles. The topological polar surface area (TPSA) is 73.8 Å². The second kappa shape index (κ2) is 9.52. The molecule has 35 heavy (non-hydrogen) atoms. The van der Waals surface area contributed by atoms with Crippen LogP contribution in [-0.4, -0.2) is 17.1 Å². The summed E-state index contributed by atoms with van der Waals surface area (Å²) in [5.41, 5.74) is 2.34. The second-order valence-electron chi connectivity index (χ2n) is 7.92. The molecule has 0 unspecified atom stereocenters. The number of aromatic nitrogens is 1. The molecule has 1 atom stereocenters. The lowest BCUT2D eigenvalue weighted by Gasteiger charge is -2.24. The molecule has 2 aromatic carbocycles. The number of rotatable bonds is 5. The van der Waals surface area contributed by atoms with E-state index in [9.17, 15) is 9.59 Å². The Hall–Kier alpha value is -3.68. The average Bonchev–Trinajstić information content (AvgIpc) is 3.44. The lowest BCUT2D eigenvalue weighted by atomic mass is 9.96. The maximum absolute atomic E-state index is 13.6. The zero-order valence-electron chi connectivity index (χ0n) is 19.0. The van der Waals surface area contributed by atoms with Gasteiger partial charge in [0.2, 0.25) is 0 Å². The molecule has 1 aliphatic heterocycles. The average molecular weight is 505 g/mol. The molecule has 176 valence electrons. The van der Waals surface area contributed by atoms with Crippen molar-refractivity contribution >= 4 is 35.0 Å². The van der Waals surface area contributed by atoms with Gasteiger partial charge < -0.3 is 9.15 Å². The number of carbonyl (C=O) groups is 1. The first-order valence-electron chi connectivity index (χ1n) is 11.1. The van der Waals surface area contributed by atoms with Gasteiger partial charge >= 0.3 is 5.97 Å². The zero-order chi connectivity index (χ0) is 24.5. The summed E-state index contributed by atoms with van der Waals surface area (Å²) in [7, 11) is 0. The molecule has 8 heteroatoms. The third-order valence-electron chi connectivity index (χ3n) is 5.66. The van der Waals surface area contributed by atoms with E-state index < -0.39 is 12.0 Å². The molecule has 5 rings (SSSR count). The minimum Gasteiger partial charge on any atom is -0.463 e. The van der Waals surface area contributed by atoms with E-state index in [0.717, 1.165) is 11.1 Å². The Morgan fingerprint density at radius 2 is 1.89 bits per heavy atom. The molecule has 2 aromatic heterocycles. The van der Waals surface area contributed by atoms with Gasteiger partial charge in [0.25, 0.3) is 5.56 Å². The van der Waals surface area contributed by atoms with Crippen LogP contribution in [-0.2, 0) is 9.53 Å². The highest BCUT2D eigenvalue weighted by Crippen LogP contribution is 2.30. The molecule has 0 bridgehead atoms. The number of furan rings is 1. The van der Waals surface area contributed by atoms with Gasteiger partial charge in [0.05, 0.1) is 28.5 Å². The molecule has 0 saturated heterocycles. The predicted molar refractivity (Wildman–Crippen MR) is 136 cm³/mol. The first-order valence-corrected chi connectivity index (χ1v) is 12.3. The molecule has 0 N–H and O–H groups in total. The van der Waals surface area contributed by atoms with Crippen molar-refractivity contribution in [3.05, 3.63) is 114 Å². The summed E-state index contributed by atoms with van der Waals surface area (Å²) >= 11 is 7.24. The molecular formula is C27H21ClN2O4S. The van der Waals surface area contributed by atoms with Crippen LogP contribution in [0, 0.1) is 0 Å². The van der Waals surface area contributed by atoms with Crippen molar-refractivity contribution in [1.29, 1.82) is 0 Å². The smallest absolute Gasteiger partial charge is 0.338 e. The number of halogens is 1. The molecule has 0 amide bonds. The van der Waals surface area contributed by atoms with Crippen molar-refractivity contribution in [3.8, 4) is 11.3 Å². The van der Waals surface area contributed by atoms with Gasteiger partial charge in [-0.25, -0.2) is 9.79 Å². The molecule has 0 saturated carbocycles. The normalized spacial score (nSPS) is 15.6. The van der Waals surface area contributed by atoms with E-state index in [1.165, 1.54) is 11.3 Å². The summed E-state index contributed by atoms with van der Waals surface area (Å²) in [6.45, 7) is 3.75. The third-order valence-corrected chi connectivity index (χ3v) is 6.90. The van der Waals surface area contributed by atoms with Gasteiger partial charge in [0.1, 0.15) is 11.5 Å². The van der Waals surface area contributed by atoms with Gasteiger partial charge in [-0.3, -0.25) is 9.36 Å². The van der Waals surface area contributed by atoms with Gasteiger partial charge in [-0.2, -0.15) is 0 Å². The monoisotopic (exact) mass is 504 g/mol. The molecule has 6 nitrogen and oxygen atoms in total. The van der Waals surface area contributed by atoms with Crippen molar-refractivity contribution in [1.82, 2.24) is 4.57 Å². The van der Waals surface area contributed by atoms with E-state index >= 15 is 0 Å². The van der Waals surface area contributed by atoms with Crippen LogP contribution in [0.2, 0.25) is 5.02 Å². The van der Waals surface area contributed by atoms with Crippen molar-refractivity contribution in [2.24, 2.45) is 4.99 Å². The fourth-order valence-electron chi connectivity index (χ4n) is 4.07. The Morgan fingerprint density at radius 3 is 2.60 bits per heavy atom. The predicted octanol–water partition coefficient (Wildman–Crippen LogP) is 4.71. The van der Waals surface area contributed by atoms with E-state index in [-0.39, 0.29) is 12.2 Å². The first kappa shape index (κ1) is 23.1. The van der Waals surface area contributed by atoms with Crippen molar-refractivity contribution in [3.63, 3.8) is 0 Å². The summed E-state index contributed by atoms with van der Waals surface area (Å²) in [5.74, 6) is 0.733. The van der Waals surface area contributed by atoms with Crippen molar-refractivity contribution < 1.29 is 13.9 Å². The van der Waals surface area contributed by atoms with Crippen LogP contribution in [0.4, 0.5) is 0 Å². The highest BCUT2D eigenvalue weighted by atomic mass is 35.5. The largest absolute Gasteiger partial charge is 0.463 e. The maximum Gasteiger partial charge on any atom is 0.338 e. The SMILES string of the molecule is CCOC(=O)C1=C(C)N=c2s/c(=C\c3ccc(-c4ccc(Cl)cc4)o3)c(=O)n2[C@H]1c1ccccc1. The summed E-state index contributed by atoms with van der Waals surface area (Å²) < 4.78 is 13.3. The van der Waals surface area contributed by atoms with Crippen LogP contribution in [0.5, 0.6) is 0 Å². The van der Waals surface area contributed by atoms with Crippen LogP contribution in [0.15, 0.2) is 92.2 Å². The van der Waals surface area contributed by atoms with Crippen LogP contribution in [0.1, 0.15) is 31.2 Å². The molecule has 0 radical (unpaired) electrons. The lowest BCUT2D eigenvalue weighted by Crippen LogP contribution is -2.39. The minimum atomic E-state index is -0.630. The number of nitrogens with zero attached hydrogens (tertiary/aromatic N) is 2. The Morgan fingerprint density at radius 1 is 1.14 bits per heavy atom. The van der Waals surface area contributed by atoms with E-state index in [1.807, 2.05) is 54.6 Å². The van der Waals surface area contributed by atoms with Gasteiger partial charge in [-0.1, -0.05) is 53.3 Å². The van der Waals surface area contributed by atoms with Crippen LogP contribution in [0.3, 0.4) is 0 Å². The minimum absolute atomic E-state index is 0.232. The fourth-order valence-corrected chi connectivity index (χ4v) is 5.22. The summed E-state index contributed by atoms with van der Waals surface area (Å²) in [5, 5.41) is 0.645. The van der Waals surface area contributed by atoms with Gasteiger partial charge in [0, 0.05) is 16.7 Å². The molecule has 0 fully saturated rings. The summed E-state index contributed by atoms with van der Waals surface area (Å²) in [4.78, 5) is 31.6. The standard InChI is InChI=1S/C27H21ClN2O4S/c1-3-33-26(32)23-16(2)29-27-30(24(23)18-7-5-4-6-8-18)25(31)22(35-27)15-20-13-14-21(34-20)17-9-11-19(28)12-10-17/h4-15,24H,3H2,1-2H3/b22-15-/t24-/m0/s1. The lowest BCUT2D eigenvalue weighted by molar-refractivity contribution is -0.139. The van der Waals surface area contributed by atoms with E-state index in [1.54, 1.807) is 36.6 Å². The fraction of sp³-hybridized carbons (Fsp3) is 0.148. The number of fused-ring (bicyclic) bond motifs is 1. The summed E-state index contributed by atoms with van der Waals surface area (Å²) in [6, 6.07) is 19.8. The number of ether oxygens (including phenoxy) is 1. The van der Waals surface area contributed by atoms with Crippen LogP contribution in [0.25, 0.3) is 17.4 Å². The quantitative estimate of drug-likeness (QED) is 0.369.